The van der Waals surface area contributed by atoms with Gasteiger partial charge < -0.3 is 19.6 Å². The molecule has 12 aromatic rings. The first-order chi connectivity index (χ1) is 38.9. The van der Waals surface area contributed by atoms with Crippen molar-refractivity contribution in [2.75, 3.05) is 19.6 Å². The van der Waals surface area contributed by atoms with Gasteiger partial charge in [0.2, 0.25) is 0 Å². The summed E-state index contributed by atoms with van der Waals surface area (Å²) >= 11 is 0. The number of nitrogens with zero attached hydrogens (tertiary/aromatic N) is 4. The second-order valence-corrected chi connectivity index (χ2v) is 20.0. The molecule has 0 aliphatic carbocycles. The molecule has 12 rings (SSSR count). The van der Waals surface area contributed by atoms with Crippen LogP contribution in [0.25, 0.3) is 33.4 Å². The highest BCUT2D eigenvalue weighted by atomic mass is 15.2. The molecule has 0 unspecified atom stereocenters. The van der Waals surface area contributed by atoms with Crippen molar-refractivity contribution in [2.24, 2.45) is 0 Å². The number of benzene rings is 12. The SMILES string of the molecule is Cc1cccc(N(c2ccccc2)c2ccc(-c3ccc(N(c4ccc(-c5ccc(N(c6ccccc6)c6ccccc6)cc5)cc4)c4ccc(-c5ccc(N(c6ccccc6)c6ccccc6)cc5)cc4)c(C)c3)cc2C)c1. The molecule has 79 heavy (non-hydrogen) atoms. The van der Waals surface area contributed by atoms with Crippen LogP contribution < -0.4 is 19.6 Å². The first kappa shape index (κ1) is 49.7. The molecule has 0 radical (unpaired) electrons. The van der Waals surface area contributed by atoms with Gasteiger partial charge >= 0.3 is 0 Å². The Labute approximate surface area is 465 Å². The van der Waals surface area contributed by atoms with Crippen molar-refractivity contribution in [3.63, 3.8) is 0 Å². The summed E-state index contributed by atoms with van der Waals surface area (Å²) < 4.78 is 0. The molecule has 0 saturated carbocycles. The lowest BCUT2D eigenvalue weighted by Crippen LogP contribution is -2.12. The highest BCUT2D eigenvalue weighted by molar-refractivity contribution is 5.86. The quantitative estimate of drug-likeness (QED) is 0.101. The highest BCUT2D eigenvalue weighted by Crippen LogP contribution is 2.43. The maximum absolute atomic E-state index is 2.39. The van der Waals surface area contributed by atoms with Crippen LogP contribution in [0.3, 0.4) is 0 Å². The van der Waals surface area contributed by atoms with E-state index in [1.807, 2.05) is 0 Å². The minimum absolute atomic E-state index is 1.08. The monoisotopic (exact) mass is 1020 g/mol. The molecule has 0 heterocycles. The van der Waals surface area contributed by atoms with E-state index >= 15 is 0 Å². The maximum atomic E-state index is 2.39. The zero-order valence-electron chi connectivity index (χ0n) is 44.7. The Balaban J connectivity index is 0.873. The average molecular weight is 1020 g/mol. The van der Waals surface area contributed by atoms with Crippen LogP contribution in [0.15, 0.2) is 309 Å². The van der Waals surface area contributed by atoms with Gasteiger partial charge in [-0.15, -0.1) is 0 Å². The Morgan fingerprint density at radius 1 is 0.177 bits per heavy atom. The van der Waals surface area contributed by atoms with Crippen molar-refractivity contribution in [3.05, 3.63) is 326 Å². The van der Waals surface area contributed by atoms with Gasteiger partial charge in [0.05, 0.1) is 0 Å². The van der Waals surface area contributed by atoms with E-state index in [2.05, 4.69) is 350 Å². The van der Waals surface area contributed by atoms with Crippen LogP contribution in [-0.2, 0) is 0 Å². The summed E-state index contributed by atoms with van der Waals surface area (Å²) in [4.78, 5) is 9.34. The van der Waals surface area contributed by atoms with Crippen molar-refractivity contribution >= 4 is 68.2 Å². The van der Waals surface area contributed by atoms with Crippen molar-refractivity contribution in [1.82, 2.24) is 0 Å². The molecule has 0 aliphatic heterocycles. The second kappa shape index (κ2) is 22.6. The Morgan fingerprint density at radius 3 is 0.709 bits per heavy atom. The molecule has 0 N–H and O–H groups in total. The predicted molar refractivity (Wildman–Crippen MR) is 336 cm³/mol. The number of anilines is 12. The molecular weight excluding hydrogens is 957 g/mol. The maximum Gasteiger partial charge on any atom is 0.0491 e. The topological polar surface area (TPSA) is 13.0 Å². The molecule has 4 nitrogen and oxygen atoms in total. The van der Waals surface area contributed by atoms with Crippen LogP contribution in [0.5, 0.6) is 0 Å². The van der Waals surface area contributed by atoms with Gasteiger partial charge in [-0.25, -0.2) is 0 Å². The van der Waals surface area contributed by atoms with Gasteiger partial charge in [0, 0.05) is 68.2 Å². The number of hydrogen-bond donors (Lipinski definition) is 0. The van der Waals surface area contributed by atoms with E-state index in [1.165, 1.54) is 27.8 Å². The number of rotatable bonds is 15. The van der Waals surface area contributed by atoms with E-state index in [4.69, 9.17) is 0 Å². The first-order valence-corrected chi connectivity index (χ1v) is 27.1. The summed E-state index contributed by atoms with van der Waals surface area (Å²) in [6, 6.07) is 111. The largest absolute Gasteiger partial charge is 0.311 e. The lowest BCUT2D eigenvalue weighted by molar-refractivity contribution is 1.24. The summed E-state index contributed by atoms with van der Waals surface area (Å²) in [6.45, 7) is 6.60. The predicted octanol–water partition coefficient (Wildman–Crippen LogP) is 21.5. The van der Waals surface area contributed by atoms with Crippen molar-refractivity contribution in [2.45, 2.75) is 20.8 Å². The van der Waals surface area contributed by atoms with E-state index < -0.39 is 0 Å². The summed E-state index contributed by atoms with van der Waals surface area (Å²) in [5, 5.41) is 0. The molecule has 0 aromatic heterocycles. The summed E-state index contributed by atoms with van der Waals surface area (Å²) in [7, 11) is 0. The van der Waals surface area contributed by atoms with Gasteiger partial charge in [0.25, 0.3) is 0 Å². The second-order valence-electron chi connectivity index (χ2n) is 20.0. The number of hydrogen-bond acceptors (Lipinski definition) is 4. The minimum atomic E-state index is 1.08. The van der Waals surface area contributed by atoms with Crippen LogP contribution in [-0.4, -0.2) is 0 Å². The Kier molecular flexibility index (Phi) is 14.2. The van der Waals surface area contributed by atoms with Gasteiger partial charge in [0.1, 0.15) is 0 Å². The van der Waals surface area contributed by atoms with E-state index in [1.54, 1.807) is 0 Å². The van der Waals surface area contributed by atoms with Gasteiger partial charge in [-0.2, -0.15) is 0 Å². The smallest absolute Gasteiger partial charge is 0.0491 e. The van der Waals surface area contributed by atoms with E-state index in [9.17, 15) is 0 Å². The summed E-state index contributed by atoms with van der Waals surface area (Å²) in [5.74, 6) is 0. The van der Waals surface area contributed by atoms with Crippen LogP contribution in [0, 0.1) is 20.8 Å². The highest BCUT2D eigenvalue weighted by Gasteiger charge is 2.20. The molecule has 0 spiro atoms. The van der Waals surface area contributed by atoms with Crippen molar-refractivity contribution in [1.29, 1.82) is 0 Å². The van der Waals surface area contributed by atoms with E-state index in [-0.39, 0.29) is 0 Å². The summed E-state index contributed by atoms with van der Waals surface area (Å²) in [5.41, 5.74) is 23.9. The van der Waals surface area contributed by atoms with E-state index in [0.717, 1.165) is 90.5 Å². The first-order valence-electron chi connectivity index (χ1n) is 27.1. The van der Waals surface area contributed by atoms with Gasteiger partial charge in [0.15, 0.2) is 0 Å². The fraction of sp³-hybridized carbons (Fsp3) is 0.0400. The van der Waals surface area contributed by atoms with Gasteiger partial charge in [-0.1, -0.05) is 164 Å². The third-order valence-corrected chi connectivity index (χ3v) is 14.7. The Bertz CT molecular complexity index is 3690. The Hall–Kier alpha value is -10.2. The third kappa shape index (κ3) is 10.7. The zero-order chi connectivity index (χ0) is 53.5. The summed E-state index contributed by atoms with van der Waals surface area (Å²) in [6.07, 6.45) is 0. The molecule has 0 aliphatic rings. The van der Waals surface area contributed by atoms with Crippen LogP contribution >= 0.6 is 0 Å². The lowest BCUT2D eigenvalue weighted by atomic mass is 9.98. The lowest BCUT2D eigenvalue weighted by Gasteiger charge is -2.28. The minimum Gasteiger partial charge on any atom is -0.311 e. The third-order valence-electron chi connectivity index (χ3n) is 14.7. The van der Waals surface area contributed by atoms with Crippen molar-refractivity contribution < 1.29 is 0 Å². The van der Waals surface area contributed by atoms with E-state index in [0.29, 0.717) is 0 Å². The van der Waals surface area contributed by atoms with Crippen LogP contribution in [0.1, 0.15) is 16.7 Å². The fourth-order valence-corrected chi connectivity index (χ4v) is 10.8. The molecule has 0 fully saturated rings. The number of aryl methyl sites for hydroxylation is 3. The molecule has 0 atom stereocenters. The standard InChI is InChI=1S/C75H60N4/c1-55-20-19-31-73(52-55)79(68-29-17-8-18-30-68)75-51-41-63(54-57(75)3)62-40-50-74(56(2)53-62)78(71-46-36-60(37-47-71)58-32-42-69(43-33-58)76(64-21-9-4-10-22-64)65-23-11-5-12-24-65)72-48-38-61(39-49-72)59-34-44-70(45-35-59)77(66-25-13-6-14-26-66)67-27-15-7-16-28-67/h4-54H,1-3H3. The normalized spacial score (nSPS) is 11.0. The van der Waals surface area contributed by atoms with Crippen molar-refractivity contribution in [3.8, 4) is 33.4 Å². The molecule has 12 aromatic carbocycles. The molecule has 0 amide bonds. The zero-order valence-corrected chi connectivity index (χ0v) is 44.7. The molecular formula is C75H60N4. The Morgan fingerprint density at radius 2 is 0.418 bits per heavy atom. The molecule has 0 saturated heterocycles. The van der Waals surface area contributed by atoms with Crippen LogP contribution in [0.2, 0.25) is 0 Å². The number of para-hydroxylation sites is 5. The fourth-order valence-electron chi connectivity index (χ4n) is 10.8. The van der Waals surface area contributed by atoms with Gasteiger partial charge in [-0.05, 0) is 216 Å². The molecule has 380 valence electrons. The molecule has 0 bridgehead atoms. The van der Waals surface area contributed by atoms with Gasteiger partial charge in [-0.3, -0.25) is 0 Å². The molecule has 4 heteroatoms. The average Bonchev–Trinajstić information content (AvgIpc) is 3.61. The van der Waals surface area contributed by atoms with Crippen LogP contribution in [0.4, 0.5) is 68.2 Å².